The zero-order valence-corrected chi connectivity index (χ0v) is 13.9. The van der Waals surface area contributed by atoms with E-state index in [1.165, 1.54) is 23.5 Å². The summed E-state index contributed by atoms with van der Waals surface area (Å²) in [5, 5.41) is 0. The number of sulfonamides is 1. The van der Waals surface area contributed by atoms with Gasteiger partial charge in [-0.15, -0.1) is 0 Å². The smallest absolute Gasteiger partial charge is 0.207 e. The summed E-state index contributed by atoms with van der Waals surface area (Å²) < 4.78 is 39.7. The first-order chi connectivity index (χ1) is 8.66. The lowest BCUT2D eigenvalue weighted by atomic mass is 10.1. The van der Waals surface area contributed by atoms with Crippen LogP contribution in [0.25, 0.3) is 0 Å². The highest BCUT2D eigenvalue weighted by molar-refractivity contribution is 9.10. The summed E-state index contributed by atoms with van der Waals surface area (Å²) in [6.07, 6.45) is 0.759. The fourth-order valence-electron chi connectivity index (χ4n) is 1.87. The molecule has 19 heavy (non-hydrogen) atoms. The highest BCUT2D eigenvalue weighted by Crippen LogP contribution is 2.23. The average molecular weight is 352 g/mol. The third-order valence-corrected chi connectivity index (χ3v) is 5.61. The van der Waals surface area contributed by atoms with E-state index in [0.29, 0.717) is 5.92 Å². The fourth-order valence-corrected chi connectivity index (χ4v) is 3.50. The largest absolute Gasteiger partial charge is 0.243 e. The van der Waals surface area contributed by atoms with E-state index in [1.54, 1.807) is 0 Å². The lowest BCUT2D eigenvalue weighted by Crippen LogP contribution is -2.35. The molecule has 108 valence electrons. The summed E-state index contributed by atoms with van der Waals surface area (Å²) in [6, 6.07) is 3.72. The Kier molecular flexibility index (Phi) is 5.53. The van der Waals surface area contributed by atoms with Crippen LogP contribution >= 0.6 is 15.9 Å². The van der Waals surface area contributed by atoms with Gasteiger partial charge in [-0.05, 0) is 53.4 Å². The molecule has 1 aromatic rings. The van der Waals surface area contributed by atoms with Crippen LogP contribution in [0.2, 0.25) is 0 Å². The third kappa shape index (κ3) is 4.00. The third-order valence-electron chi connectivity index (χ3n) is 3.00. The summed E-state index contributed by atoms with van der Waals surface area (Å²) in [5.74, 6) is -0.180. The summed E-state index contributed by atoms with van der Waals surface area (Å²) in [6.45, 7) is 5.93. The Morgan fingerprint density at radius 1 is 1.32 bits per heavy atom. The van der Waals surface area contributed by atoms with Gasteiger partial charge < -0.3 is 0 Å². The Labute approximate surface area is 123 Å². The van der Waals surface area contributed by atoms with Crippen molar-refractivity contribution in [3.63, 3.8) is 0 Å². The van der Waals surface area contributed by atoms with Crippen LogP contribution in [0.3, 0.4) is 0 Å². The Morgan fingerprint density at radius 2 is 1.89 bits per heavy atom. The molecular weight excluding hydrogens is 333 g/mol. The van der Waals surface area contributed by atoms with Crippen molar-refractivity contribution < 1.29 is 12.8 Å². The van der Waals surface area contributed by atoms with E-state index >= 15 is 0 Å². The SMILES string of the molecule is CC(C)CC(C)N(C)S(=O)(=O)c1ccc(Br)c(F)c1. The Bertz CT molecular complexity index is 546. The van der Waals surface area contributed by atoms with Crippen LogP contribution in [0.1, 0.15) is 27.2 Å². The van der Waals surface area contributed by atoms with Crippen LogP contribution in [0.5, 0.6) is 0 Å². The Morgan fingerprint density at radius 3 is 2.37 bits per heavy atom. The van der Waals surface area contributed by atoms with E-state index in [1.807, 2.05) is 20.8 Å². The standard InChI is InChI=1S/C13H19BrFNO2S/c1-9(2)7-10(3)16(4)19(17,18)11-5-6-12(14)13(15)8-11/h5-6,8-10H,7H2,1-4H3. The number of benzene rings is 1. The second-order valence-electron chi connectivity index (χ2n) is 5.08. The van der Waals surface area contributed by atoms with Gasteiger partial charge in [0.1, 0.15) is 5.82 Å². The molecule has 0 saturated heterocycles. The first-order valence-corrected chi connectivity index (χ1v) is 8.32. The molecule has 1 aromatic carbocycles. The lowest BCUT2D eigenvalue weighted by molar-refractivity contribution is 0.337. The Balaban J connectivity index is 3.06. The maximum atomic E-state index is 13.5. The van der Waals surface area contributed by atoms with Crippen LogP contribution in [0, 0.1) is 11.7 Å². The topological polar surface area (TPSA) is 37.4 Å². The first kappa shape index (κ1) is 16.6. The van der Waals surface area contributed by atoms with Crippen molar-refractivity contribution in [3.8, 4) is 0 Å². The van der Waals surface area contributed by atoms with Crippen LogP contribution in [0.15, 0.2) is 27.6 Å². The van der Waals surface area contributed by atoms with E-state index in [-0.39, 0.29) is 15.4 Å². The van der Waals surface area contributed by atoms with Crippen molar-refractivity contribution in [1.82, 2.24) is 4.31 Å². The van der Waals surface area contributed by atoms with Gasteiger partial charge in [0, 0.05) is 13.1 Å². The lowest BCUT2D eigenvalue weighted by Gasteiger charge is -2.25. The molecule has 1 atom stereocenters. The molecule has 1 unspecified atom stereocenters. The minimum atomic E-state index is -3.65. The Hall–Kier alpha value is -0.460. The number of rotatable bonds is 5. The van der Waals surface area contributed by atoms with Gasteiger partial charge in [-0.1, -0.05) is 13.8 Å². The molecule has 0 aliphatic carbocycles. The van der Waals surface area contributed by atoms with Gasteiger partial charge in [-0.3, -0.25) is 0 Å². The summed E-state index contributed by atoms with van der Waals surface area (Å²) >= 11 is 3.01. The highest BCUT2D eigenvalue weighted by Gasteiger charge is 2.26. The van der Waals surface area contributed by atoms with Crippen LogP contribution in [-0.2, 0) is 10.0 Å². The van der Waals surface area contributed by atoms with E-state index in [9.17, 15) is 12.8 Å². The molecule has 3 nitrogen and oxygen atoms in total. The molecule has 0 heterocycles. The minimum absolute atomic E-state index is 0.0219. The molecule has 0 fully saturated rings. The van der Waals surface area contributed by atoms with Gasteiger partial charge in [0.25, 0.3) is 0 Å². The maximum absolute atomic E-state index is 13.5. The van der Waals surface area contributed by atoms with E-state index in [2.05, 4.69) is 15.9 Å². The molecular formula is C13H19BrFNO2S. The number of nitrogens with zero attached hydrogens (tertiary/aromatic N) is 1. The predicted octanol–water partition coefficient (Wildman–Crippen LogP) is 3.64. The van der Waals surface area contributed by atoms with Gasteiger partial charge >= 0.3 is 0 Å². The second kappa shape index (κ2) is 6.33. The van der Waals surface area contributed by atoms with Gasteiger partial charge in [0.05, 0.1) is 9.37 Å². The minimum Gasteiger partial charge on any atom is -0.207 e. The molecule has 0 aliphatic heterocycles. The van der Waals surface area contributed by atoms with E-state index in [4.69, 9.17) is 0 Å². The van der Waals surface area contributed by atoms with Crippen LogP contribution in [-0.4, -0.2) is 25.8 Å². The van der Waals surface area contributed by atoms with Gasteiger partial charge in [-0.25, -0.2) is 12.8 Å². The zero-order chi connectivity index (χ0) is 14.8. The van der Waals surface area contributed by atoms with Gasteiger partial charge in [0.2, 0.25) is 10.0 Å². The molecule has 0 spiro atoms. The summed E-state index contributed by atoms with van der Waals surface area (Å²) in [5.41, 5.74) is 0. The van der Waals surface area contributed by atoms with Crippen molar-refractivity contribution in [2.75, 3.05) is 7.05 Å². The molecule has 0 N–H and O–H groups in total. The van der Waals surface area contributed by atoms with Crippen molar-refractivity contribution in [2.24, 2.45) is 5.92 Å². The molecule has 0 saturated carbocycles. The number of hydrogen-bond acceptors (Lipinski definition) is 2. The molecule has 0 bridgehead atoms. The molecule has 1 rings (SSSR count). The monoisotopic (exact) mass is 351 g/mol. The molecule has 6 heteroatoms. The van der Waals surface area contributed by atoms with Crippen LogP contribution in [0.4, 0.5) is 4.39 Å². The molecule has 0 radical (unpaired) electrons. The van der Waals surface area contributed by atoms with Gasteiger partial charge in [-0.2, -0.15) is 4.31 Å². The maximum Gasteiger partial charge on any atom is 0.243 e. The predicted molar refractivity (Wildman–Crippen MR) is 78.0 cm³/mol. The van der Waals surface area contributed by atoms with Crippen LogP contribution < -0.4 is 0 Å². The molecule has 0 aromatic heterocycles. The highest BCUT2D eigenvalue weighted by atomic mass is 79.9. The fraction of sp³-hybridized carbons (Fsp3) is 0.538. The second-order valence-corrected chi connectivity index (χ2v) is 7.93. The van der Waals surface area contributed by atoms with Crippen molar-refractivity contribution >= 4 is 26.0 Å². The summed E-state index contributed by atoms with van der Waals surface area (Å²) in [4.78, 5) is -0.0219. The number of halogens is 2. The van der Waals surface area contributed by atoms with Crippen molar-refractivity contribution in [3.05, 3.63) is 28.5 Å². The molecule has 0 amide bonds. The number of hydrogen-bond donors (Lipinski definition) is 0. The average Bonchev–Trinajstić information content (AvgIpc) is 2.30. The van der Waals surface area contributed by atoms with E-state index in [0.717, 1.165) is 12.5 Å². The normalized spacial score (nSPS) is 14.1. The first-order valence-electron chi connectivity index (χ1n) is 6.09. The van der Waals surface area contributed by atoms with E-state index < -0.39 is 15.8 Å². The quantitative estimate of drug-likeness (QED) is 0.811. The molecule has 0 aliphatic rings. The van der Waals surface area contributed by atoms with Crippen molar-refractivity contribution in [1.29, 1.82) is 0 Å². The van der Waals surface area contributed by atoms with Crippen molar-refractivity contribution in [2.45, 2.75) is 38.1 Å². The van der Waals surface area contributed by atoms with Gasteiger partial charge in [0.15, 0.2) is 0 Å². The zero-order valence-electron chi connectivity index (χ0n) is 11.5. The summed E-state index contributed by atoms with van der Waals surface area (Å²) in [7, 11) is -2.12.